The molecule has 1 saturated heterocycles. The van der Waals surface area contributed by atoms with Crippen molar-refractivity contribution in [3.05, 3.63) is 18.3 Å². The van der Waals surface area contributed by atoms with Crippen LogP contribution in [0.2, 0.25) is 0 Å². The van der Waals surface area contributed by atoms with Gasteiger partial charge in [-0.05, 0) is 51.7 Å². The third-order valence-electron chi connectivity index (χ3n) is 4.08. The molecule has 0 unspecified atom stereocenters. The molecule has 0 saturated carbocycles. The SMILES string of the molecule is CC(C)(C)OC(=O)N1CCC(CNc2nc3ncccc3[nH]2)CC1. The number of imidazole rings is 1. The van der Waals surface area contributed by atoms with Crippen molar-refractivity contribution in [2.45, 2.75) is 39.2 Å². The number of ether oxygens (including phenoxy) is 1. The van der Waals surface area contributed by atoms with Crippen LogP contribution in [0.1, 0.15) is 33.6 Å². The molecule has 1 fully saturated rings. The Bertz CT molecular complexity index is 665. The van der Waals surface area contributed by atoms with E-state index in [1.54, 1.807) is 11.1 Å². The number of fused-ring (bicyclic) bond motifs is 1. The highest BCUT2D eigenvalue weighted by Gasteiger charge is 2.26. The second-order valence-electron chi connectivity index (χ2n) is 7.25. The number of hydrogen-bond donors (Lipinski definition) is 2. The first kappa shape index (κ1) is 16.5. The van der Waals surface area contributed by atoms with Crippen molar-refractivity contribution in [2.24, 2.45) is 5.92 Å². The maximum Gasteiger partial charge on any atom is 0.410 e. The minimum atomic E-state index is -0.440. The van der Waals surface area contributed by atoms with Gasteiger partial charge >= 0.3 is 6.09 Å². The number of carbonyl (C=O) groups is 1. The van der Waals surface area contributed by atoms with Crippen LogP contribution in [-0.2, 0) is 4.74 Å². The van der Waals surface area contributed by atoms with E-state index in [0.29, 0.717) is 5.92 Å². The molecule has 0 radical (unpaired) electrons. The fourth-order valence-electron chi connectivity index (χ4n) is 2.82. The Labute approximate surface area is 141 Å². The molecule has 2 aromatic heterocycles. The second-order valence-corrected chi connectivity index (χ2v) is 7.25. The monoisotopic (exact) mass is 331 g/mol. The van der Waals surface area contributed by atoms with E-state index in [0.717, 1.165) is 49.6 Å². The van der Waals surface area contributed by atoms with Gasteiger partial charge < -0.3 is 19.9 Å². The number of H-pyrrole nitrogens is 1. The molecule has 3 heterocycles. The van der Waals surface area contributed by atoms with Crippen molar-refractivity contribution < 1.29 is 9.53 Å². The van der Waals surface area contributed by atoms with Gasteiger partial charge in [-0.2, -0.15) is 4.98 Å². The number of aromatic nitrogens is 3. The van der Waals surface area contributed by atoms with Gasteiger partial charge in [-0.25, -0.2) is 9.78 Å². The van der Waals surface area contributed by atoms with Crippen LogP contribution in [-0.4, -0.2) is 51.2 Å². The molecule has 0 bridgehead atoms. The van der Waals surface area contributed by atoms with Crippen LogP contribution in [0.3, 0.4) is 0 Å². The summed E-state index contributed by atoms with van der Waals surface area (Å²) in [7, 11) is 0. The van der Waals surface area contributed by atoms with Gasteiger partial charge in [0.1, 0.15) is 5.60 Å². The summed E-state index contributed by atoms with van der Waals surface area (Å²) in [4.78, 5) is 25.7. The number of nitrogens with zero attached hydrogens (tertiary/aromatic N) is 3. The van der Waals surface area contributed by atoms with Crippen molar-refractivity contribution in [3.8, 4) is 0 Å². The summed E-state index contributed by atoms with van der Waals surface area (Å²) in [5.74, 6) is 1.27. The number of carbonyl (C=O) groups excluding carboxylic acids is 1. The minimum absolute atomic E-state index is 0.211. The summed E-state index contributed by atoms with van der Waals surface area (Å²) >= 11 is 0. The summed E-state index contributed by atoms with van der Waals surface area (Å²) in [5.41, 5.74) is 1.21. The lowest BCUT2D eigenvalue weighted by Gasteiger charge is -2.33. The summed E-state index contributed by atoms with van der Waals surface area (Å²) in [6, 6.07) is 3.84. The summed E-state index contributed by atoms with van der Waals surface area (Å²) in [6.45, 7) is 7.99. The molecule has 0 aliphatic carbocycles. The Kier molecular flexibility index (Phi) is 4.59. The largest absolute Gasteiger partial charge is 0.444 e. The molecule has 2 N–H and O–H groups in total. The lowest BCUT2D eigenvalue weighted by atomic mass is 9.97. The van der Waals surface area contributed by atoms with Gasteiger partial charge in [-0.15, -0.1) is 0 Å². The highest BCUT2D eigenvalue weighted by Crippen LogP contribution is 2.20. The van der Waals surface area contributed by atoms with Gasteiger partial charge in [0.25, 0.3) is 0 Å². The van der Waals surface area contributed by atoms with Crippen LogP contribution in [0, 0.1) is 5.92 Å². The van der Waals surface area contributed by atoms with E-state index in [9.17, 15) is 4.79 Å². The van der Waals surface area contributed by atoms with Crippen molar-refractivity contribution in [1.29, 1.82) is 0 Å². The standard InChI is InChI=1S/C17H25N5O2/c1-17(2,3)24-16(23)22-9-6-12(7-10-22)11-19-15-20-13-5-4-8-18-14(13)21-15/h4-5,8,12H,6-7,9-11H2,1-3H3,(H2,18,19,20,21). The highest BCUT2D eigenvalue weighted by atomic mass is 16.6. The number of anilines is 1. The first-order chi connectivity index (χ1) is 11.4. The zero-order chi connectivity index (χ0) is 17.2. The quantitative estimate of drug-likeness (QED) is 0.903. The fourth-order valence-corrected chi connectivity index (χ4v) is 2.82. The highest BCUT2D eigenvalue weighted by molar-refractivity contribution is 5.72. The Hall–Kier alpha value is -2.31. The number of hydrogen-bond acceptors (Lipinski definition) is 5. The second kappa shape index (κ2) is 6.67. The van der Waals surface area contributed by atoms with Crippen LogP contribution in [0.5, 0.6) is 0 Å². The third-order valence-corrected chi connectivity index (χ3v) is 4.08. The Morgan fingerprint density at radius 1 is 1.42 bits per heavy atom. The molecule has 0 atom stereocenters. The van der Waals surface area contributed by atoms with Gasteiger partial charge in [0, 0.05) is 25.8 Å². The van der Waals surface area contributed by atoms with E-state index in [2.05, 4.69) is 20.3 Å². The zero-order valence-electron chi connectivity index (χ0n) is 14.5. The van der Waals surface area contributed by atoms with E-state index in [-0.39, 0.29) is 6.09 Å². The van der Waals surface area contributed by atoms with Gasteiger partial charge in [0.05, 0.1) is 5.52 Å². The molecule has 24 heavy (non-hydrogen) atoms. The molecule has 130 valence electrons. The van der Waals surface area contributed by atoms with Crippen molar-refractivity contribution in [2.75, 3.05) is 25.0 Å². The first-order valence-electron chi connectivity index (χ1n) is 8.43. The topological polar surface area (TPSA) is 83.1 Å². The number of pyridine rings is 1. The van der Waals surface area contributed by atoms with E-state index in [1.165, 1.54) is 0 Å². The lowest BCUT2D eigenvalue weighted by molar-refractivity contribution is 0.0188. The Morgan fingerprint density at radius 3 is 2.83 bits per heavy atom. The van der Waals surface area contributed by atoms with Crippen LogP contribution in [0.4, 0.5) is 10.7 Å². The van der Waals surface area contributed by atoms with Crippen molar-refractivity contribution >= 4 is 23.2 Å². The zero-order valence-corrected chi connectivity index (χ0v) is 14.5. The fraction of sp³-hybridized carbons (Fsp3) is 0.588. The summed E-state index contributed by atoms with van der Waals surface area (Å²) in [5, 5.41) is 3.34. The predicted molar refractivity (Wildman–Crippen MR) is 92.9 cm³/mol. The molecule has 0 spiro atoms. The lowest BCUT2D eigenvalue weighted by Crippen LogP contribution is -2.42. The average Bonchev–Trinajstić information content (AvgIpc) is 2.94. The molecule has 1 aliphatic heterocycles. The van der Waals surface area contributed by atoms with Gasteiger partial charge in [-0.3, -0.25) is 0 Å². The van der Waals surface area contributed by atoms with Gasteiger partial charge in [0.2, 0.25) is 5.95 Å². The van der Waals surface area contributed by atoms with Crippen LogP contribution in [0.15, 0.2) is 18.3 Å². The molecule has 3 rings (SSSR count). The van der Waals surface area contributed by atoms with E-state index >= 15 is 0 Å². The molecule has 1 amide bonds. The number of aromatic amines is 1. The van der Waals surface area contributed by atoms with Gasteiger partial charge in [0.15, 0.2) is 5.65 Å². The molecule has 7 nitrogen and oxygen atoms in total. The summed E-state index contributed by atoms with van der Waals surface area (Å²) < 4.78 is 5.42. The normalized spacial score (nSPS) is 16.4. The number of piperidine rings is 1. The Morgan fingerprint density at radius 2 is 2.17 bits per heavy atom. The smallest absolute Gasteiger partial charge is 0.410 e. The first-order valence-corrected chi connectivity index (χ1v) is 8.43. The number of likely N-dealkylation sites (tertiary alicyclic amines) is 1. The van der Waals surface area contributed by atoms with E-state index < -0.39 is 5.60 Å². The molecular formula is C17H25N5O2. The molecule has 7 heteroatoms. The van der Waals surface area contributed by atoms with Crippen molar-refractivity contribution in [3.63, 3.8) is 0 Å². The third kappa shape index (κ3) is 4.15. The van der Waals surface area contributed by atoms with Crippen LogP contribution < -0.4 is 5.32 Å². The van der Waals surface area contributed by atoms with Crippen LogP contribution in [0.25, 0.3) is 11.2 Å². The van der Waals surface area contributed by atoms with E-state index in [4.69, 9.17) is 4.74 Å². The van der Waals surface area contributed by atoms with Crippen LogP contribution >= 0.6 is 0 Å². The van der Waals surface area contributed by atoms with Crippen molar-refractivity contribution in [1.82, 2.24) is 19.9 Å². The molecule has 0 aromatic carbocycles. The average molecular weight is 331 g/mol. The molecule has 1 aliphatic rings. The number of amides is 1. The maximum absolute atomic E-state index is 12.1. The van der Waals surface area contributed by atoms with E-state index in [1.807, 2.05) is 32.9 Å². The minimum Gasteiger partial charge on any atom is -0.444 e. The number of rotatable bonds is 3. The van der Waals surface area contributed by atoms with Gasteiger partial charge in [-0.1, -0.05) is 0 Å². The Balaban J connectivity index is 1.46. The maximum atomic E-state index is 12.1. The predicted octanol–water partition coefficient (Wildman–Crippen LogP) is 3.02. The molecule has 2 aromatic rings. The summed E-state index contributed by atoms with van der Waals surface area (Å²) in [6.07, 6.45) is 3.45. The number of nitrogens with one attached hydrogen (secondary N) is 2. The molecular weight excluding hydrogens is 306 g/mol.